The van der Waals surface area contributed by atoms with Gasteiger partial charge in [-0.3, -0.25) is 4.79 Å². The normalized spacial score (nSPS) is 14.2. The van der Waals surface area contributed by atoms with Crippen molar-refractivity contribution in [2.75, 3.05) is 37.7 Å². The van der Waals surface area contributed by atoms with Crippen molar-refractivity contribution in [2.45, 2.75) is 6.92 Å². The molecule has 0 N–H and O–H groups in total. The quantitative estimate of drug-likeness (QED) is 0.656. The standard InChI is InChI=1S/C19H21N7O2/c1-15-22-16(24-7-2-3-8-24)13-17(23-15)25-9-11-26(12-10-25)18(27)14-28-19-20-5-4-6-21-19/h2-8,13H,9-12,14H2,1H3. The van der Waals surface area contributed by atoms with Crippen molar-refractivity contribution < 1.29 is 9.53 Å². The molecule has 0 aliphatic carbocycles. The Labute approximate surface area is 162 Å². The monoisotopic (exact) mass is 379 g/mol. The second-order valence-electron chi connectivity index (χ2n) is 6.41. The third-order valence-electron chi connectivity index (χ3n) is 4.50. The van der Waals surface area contributed by atoms with Crippen molar-refractivity contribution in [2.24, 2.45) is 0 Å². The summed E-state index contributed by atoms with van der Waals surface area (Å²) < 4.78 is 7.31. The molecule has 1 saturated heterocycles. The number of hydrogen-bond acceptors (Lipinski definition) is 7. The fourth-order valence-corrected chi connectivity index (χ4v) is 3.08. The Morgan fingerprint density at radius 1 is 1.00 bits per heavy atom. The van der Waals surface area contributed by atoms with Gasteiger partial charge >= 0.3 is 6.01 Å². The summed E-state index contributed by atoms with van der Waals surface area (Å²) in [6, 6.07) is 7.81. The molecule has 1 amide bonds. The highest BCUT2D eigenvalue weighted by molar-refractivity contribution is 5.78. The molecule has 0 bridgehead atoms. The molecule has 1 fully saturated rings. The SMILES string of the molecule is Cc1nc(N2CCN(C(=O)COc3ncccn3)CC2)cc(-n2cccc2)n1. The second kappa shape index (κ2) is 8.03. The number of aryl methyl sites for hydroxylation is 1. The molecular formula is C19H21N7O2. The molecule has 1 aliphatic rings. The highest BCUT2D eigenvalue weighted by atomic mass is 16.5. The fourth-order valence-electron chi connectivity index (χ4n) is 3.08. The molecule has 0 unspecified atom stereocenters. The van der Waals surface area contributed by atoms with Crippen molar-refractivity contribution in [3.8, 4) is 11.8 Å². The van der Waals surface area contributed by atoms with Crippen LogP contribution in [-0.2, 0) is 4.79 Å². The Kier molecular flexibility index (Phi) is 5.14. The van der Waals surface area contributed by atoms with Crippen LogP contribution in [0.1, 0.15) is 5.82 Å². The molecular weight excluding hydrogens is 358 g/mol. The van der Waals surface area contributed by atoms with Crippen LogP contribution >= 0.6 is 0 Å². The van der Waals surface area contributed by atoms with Gasteiger partial charge in [-0.25, -0.2) is 19.9 Å². The Bertz CT molecular complexity index is 923. The van der Waals surface area contributed by atoms with E-state index in [1.54, 1.807) is 23.4 Å². The van der Waals surface area contributed by atoms with Gasteiger partial charge in [0.05, 0.1) is 0 Å². The summed E-state index contributed by atoms with van der Waals surface area (Å²) in [5, 5.41) is 0. The predicted octanol–water partition coefficient (Wildman–Crippen LogP) is 1.09. The molecule has 3 aromatic rings. The van der Waals surface area contributed by atoms with Crippen LogP contribution in [0.5, 0.6) is 6.01 Å². The minimum absolute atomic E-state index is 0.0611. The van der Waals surface area contributed by atoms with Gasteiger partial charge in [0.2, 0.25) is 0 Å². The van der Waals surface area contributed by atoms with Crippen molar-refractivity contribution in [3.05, 3.63) is 54.9 Å². The number of carbonyl (C=O) groups excluding carboxylic acids is 1. The number of aromatic nitrogens is 5. The minimum atomic E-state index is -0.0704. The van der Waals surface area contributed by atoms with Gasteiger partial charge in [0.15, 0.2) is 6.61 Å². The summed E-state index contributed by atoms with van der Waals surface area (Å²) in [6.45, 7) is 4.46. The summed E-state index contributed by atoms with van der Waals surface area (Å²) in [7, 11) is 0. The molecule has 1 aliphatic heterocycles. The highest BCUT2D eigenvalue weighted by Gasteiger charge is 2.23. The maximum atomic E-state index is 12.4. The lowest BCUT2D eigenvalue weighted by Crippen LogP contribution is -2.50. The van der Waals surface area contributed by atoms with Crippen molar-refractivity contribution in [1.82, 2.24) is 29.4 Å². The molecule has 28 heavy (non-hydrogen) atoms. The number of nitrogens with zero attached hydrogens (tertiary/aromatic N) is 7. The topological polar surface area (TPSA) is 89.3 Å². The molecule has 9 nitrogen and oxygen atoms in total. The van der Waals surface area contributed by atoms with Gasteiger partial charge in [-0.1, -0.05) is 0 Å². The number of ether oxygens (including phenoxy) is 1. The van der Waals surface area contributed by atoms with E-state index in [0.29, 0.717) is 26.2 Å². The van der Waals surface area contributed by atoms with Crippen molar-refractivity contribution in [1.29, 1.82) is 0 Å². The van der Waals surface area contributed by atoms with Crippen LogP contribution in [-0.4, -0.2) is 68.1 Å². The predicted molar refractivity (Wildman–Crippen MR) is 102 cm³/mol. The van der Waals surface area contributed by atoms with E-state index in [1.165, 1.54) is 0 Å². The van der Waals surface area contributed by atoms with Crippen LogP contribution in [0.4, 0.5) is 5.82 Å². The van der Waals surface area contributed by atoms with Crippen LogP contribution in [0.15, 0.2) is 49.1 Å². The van der Waals surface area contributed by atoms with Crippen LogP contribution < -0.4 is 9.64 Å². The lowest BCUT2D eigenvalue weighted by molar-refractivity contribution is -0.133. The Hall–Kier alpha value is -3.49. The van der Waals surface area contributed by atoms with Gasteiger partial charge in [0, 0.05) is 57.0 Å². The Morgan fingerprint density at radius 3 is 2.39 bits per heavy atom. The van der Waals surface area contributed by atoms with E-state index < -0.39 is 0 Å². The highest BCUT2D eigenvalue weighted by Crippen LogP contribution is 2.18. The van der Waals surface area contributed by atoms with Crippen LogP contribution in [0.3, 0.4) is 0 Å². The van der Waals surface area contributed by atoms with E-state index in [0.717, 1.165) is 17.5 Å². The number of anilines is 1. The third kappa shape index (κ3) is 4.08. The van der Waals surface area contributed by atoms with Crippen LogP contribution in [0, 0.1) is 6.92 Å². The molecule has 0 radical (unpaired) electrons. The number of piperazine rings is 1. The molecule has 3 aromatic heterocycles. The summed E-state index contributed by atoms with van der Waals surface area (Å²) >= 11 is 0. The van der Waals surface area contributed by atoms with Crippen molar-refractivity contribution in [3.63, 3.8) is 0 Å². The van der Waals surface area contributed by atoms with Gasteiger partial charge in [0.25, 0.3) is 5.91 Å². The molecule has 0 saturated carbocycles. The number of amides is 1. The average Bonchev–Trinajstić information content (AvgIpc) is 3.27. The lowest BCUT2D eigenvalue weighted by atomic mass is 10.3. The summed E-state index contributed by atoms with van der Waals surface area (Å²) in [5.41, 5.74) is 0. The van der Waals surface area contributed by atoms with E-state index in [-0.39, 0.29) is 18.5 Å². The maximum Gasteiger partial charge on any atom is 0.316 e. The third-order valence-corrected chi connectivity index (χ3v) is 4.50. The molecule has 9 heteroatoms. The molecule has 4 rings (SSSR count). The molecule has 4 heterocycles. The average molecular weight is 379 g/mol. The Balaban J connectivity index is 1.36. The largest absolute Gasteiger partial charge is 0.453 e. The van der Waals surface area contributed by atoms with E-state index in [1.807, 2.05) is 42.1 Å². The fraction of sp³-hybridized carbons (Fsp3) is 0.316. The molecule has 0 spiro atoms. The van der Waals surface area contributed by atoms with E-state index in [4.69, 9.17) is 4.74 Å². The smallest absolute Gasteiger partial charge is 0.316 e. The maximum absolute atomic E-state index is 12.4. The zero-order chi connectivity index (χ0) is 19.3. The number of rotatable bonds is 5. The first kappa shape index (κ1) is 17.9. The van der Waals surface area contributed by atoms with E-state index >= 15 is 0 Å². The first-order chi connectivity index (χ1) is 13.7. The van der Waals surface area contributed by atoms with Crippen LogP contribution in [0.2, 0.25) is 0 Å². The first-order valence-corrected chi connectivity index (χ1v) is 9.10. The summed E-state index contributed by atoms with van der Waals surface area (Å²) in [4.78, 5) is 33.3. The van der Waals surface area contributed by atoms with Gasteiger partial charge in [0.1, 0.15) is 17.5 Å². The number of carbonyl (C=O) groups is 1. The van der Waals surface area contributed by atoms with Gasteiger partial charge < -0.3 is 19.1 Å². The zero-order valence-electron chi connectivity index (χ0n) is 15.6. The Morgan fingerprint density at radius 2 is 1.68 bits per heavy atom. The zero-order valence-corrected chi connectivity index (χ0v) is 15.6. The summed E-state index contributed by atoms with van der Waals surface area (Å²) in [6.07, 6.45) is 7.08. The van der Waals surface area contributed by atoms with E-state index in [2.05, 4.69) is 24.8 Å². The summed E-state index contributed by atoms with van der Waals surface area (Å²) in [5.74, 6) is 2.36. The molecule has 144 valence electrons. The van der Waals surface area contributed by atoms with Crippen molar-refractivity contribution >= 4 is 11.7 Å². The second-order valence-corrected chi connectivity index (χ2v) is 6.41. The van der Waals surface area contributed by atoms with Crippen LogP contribution in [0.25, 0.3) is 5.82 Å². The molecule has 0 atom stereocenters. The van der Waals surface area contributed by atoms with E-state index in [9.17, 15) is 4.79 Å². The van der Waals surface area contributed by atoms with Gasteiger partial charge in [-0.15, -0.1) is 0 Å². The number of hydrogen-bond donors (Lipinski definition) is 0. The minimum Gasteiger partial charge on any atom is -0.453 e. The molecule has 0 aromatic carbocycles. The van der Waals surface area contributed by atoms with Gasteiger partial charge in [-0.2, -0.15) is 0 Å². The van der Waals surface area contributed by atoms with Gasteiger partial charge in [-0.05, 0) is 25.1 Å². The first-order valence-electron chi connectivity index (χ1n) is 9.10. The lowest BCUT2D eigenvalue weighted by Gasteiger charge is -2.35.